The van der Waals surface area contributed by atoms with E-state index in [1.54, 1.807) is 0 Å². The summed E-state index contributed by atoms with van der Waals surface area (Å²) >= 11 is 8.94. The van der Waals surface area contributed by atoms with Gasteiger partial charge < -0.3 is 0 Å². The molecule has 6 heteroatoms. The number of ketones is 1. The predicted octanol–water partition coefficient (Wildman–Crippen LogP) is 2.75. The van der Waals surface area contributed by atoms with Crippen LogP contribution in [0, 0.1) is 10.1 Å². The molecule has 0 heterocycles. The maximum Gasteiger partial charge on any atom is 0.288 e. The molecular formula is C9H5BrClNO3. The van der Waals surface area contributed by atoms with Crippen molar-refractivity contribution >= 4 is 39.0 Å². The van der Waals surface area contributed by atoms with Crippen LogP contribution in [0.5, 0.6) is 0 Å². The van der Waals surface area contributed by atoms with Crippen LogP contribution in [0.15, 0.2) is 12.1 Å². The average molecular weight is 290 g/mol. The molecule has 0 fully saturated rings. The van der Waals surface area contributed by atoms with Crippen LogP contribution in [0.3, 0.4) is 0 Å². The Morgan fingerprint density at radius 2 is 2.20 bits per heavy atom. The van der Waals surface area contributed by atoms with Crippen molar-refractivity contribution in [3.05, 3.63) is 38.4 Å². The van der Waals surface area contributed by atoms with Gasteiger partial charge in [-0.05, 0) is 18.1 Å². The second-order valence-corrected chi connectivity index (χ2v) is 4.77. The molecule has 0 saturated carbocycles. The van der Waals surface area contributed by atoms with Crippen molar-refractivity contribution in [2.75, 3.05) is 0 Å². The van der Waals surface area contributed by atoms with Gasteiger partial charge in [0, 0.05) is 11.6 Å². The first-order chi connectivity index (χ1) is 7.00. The van der Waals surface area contributed by atoms with Gasteiger partial charge in [-0.25, -0.2) is 0 Å². The van der Waals surface area contributed by atoms with Gasteiger partial charge in [-0.1, -0.05) is 27.5 Å². The number of fused-ring (bicyclic) bond motifs is 1. The predicted molar refractivity (Wildman–Crippen MR) is 58.9 cm³/mol. The molecule has 1 aliphatic rings. The number of Topliss-reactive ketones (excluding diaryl/α,β-unsaturated/α-hetero) is 1. The number of carbonyl (C=O) groups excluding carboxylic acids is 1. The quantitative estimate of drug-likeness (QED) is 0.454. The number of carbonyl (C=O) groups is 1. The number of hydrogen-bond donors (Lipinski definition) is 0. The standard InChI is InChI=1S/C9H5BrClNO3/c10-6-1-4-2-7(11)8(12(14)15)3-5(4)9(6)13/h2-3,6H,1H2. The minimum atomic E-state index is -0.586. The number of rotatable bonds is 1. The van der Waals surface area contributed by atoms with E-state index in [0.29, 0.717) is 12.0 Å². The van der Waals surface area contributed by atoms with Crippen LogP contribution in [-0.2, 0) is 6.42 Å². The third-order valence-corrected chi connectivity index (χ3v) is 3.36. The topological polar surface area (TPSA) is 60.2 Å². The Morgan fingerprint density at radius 3 is 2.80 bits per heavy atom. The number of hydrogen-bond acceptors (Lipinski definition) is 3. The molecule has 1 atom stereocenters. The van der Waals surface area contributed by atoms with E-state index in [9.17, 15) is 14.9 Å². The van der Waals surface area contributed by atoms with Crippen molar-refractivity contribution in [3.63, 3.8) is 0 Å². The van der Waals surface area contributed by atoms with Gasteiger partial charge in [0.25, 0.3) is 5.69 Å². The molecule has 0 radical (unpaired) electrons. The van der Waals surface area contributed by atoms with E-state index in [4.69, 9.17) is 11.6 Å². The molecule has 2 rings (SSSR count). The maximum atomic E-state index is 11.6. The number of benzene rings is 1. The summed E-state index contributed by atoms with van der Waals surface area (Å²) in [6.45, 7) is 0. The molecule has 1 aliphatic carbocycles. The van der Waals surface area contributed by atoms with Crippen molar-refractivity contribution in [2.45, 2.75) is 11.2 Å². The molecule has 0 bridgehead atoms. The zero-order chi connectivity index (χ0) is 11.2. The second kappa shape index (κ2) is 3.57. The van der Waals surface area contributed by atoms with Crippen molar-refractivity contribution in [3.8, 4) is 0 Å². The van der Waals surface area contributed by atoms with Crippen LogP contribution in [0.2, 0.25) is 5.02 Å². The van der Waals surface area contributed by atoms with Gasteiger partial charge in [-0.3, -0.25) is 14.9 Å². The molecular weight excluding hydrogens is 285 g/mol. The van der Waals surface area contributed by atoms with Gasteiger partial charge in [0.15, 0.2) is 5.78 Å². The summed E-state index contributed by atoms with van der Waals surface area (Å²) in [5.74, 6) is -0.121. The van der Waals surface area contributed by atoms with E-state index < -0.39 is 4.92 Å². The summed E-state index contributed by atoms with van der Waals surface area (Å²) in [5.41, 5.74) is 0.941. The first kappa shape index (κ1) is 10.6. The maximum absolute atomic E-state index is 11.6. The molecule has 1 aromatic rings. The zero-order valence-corrected chi connectivity index (χ0v) is 9.71. The summed E-state index contributed by atoms with van der Waals surface area (Å²) < 4.78 is 0. The molecule has 0 saturated heterocycles. The first-order valence-corrected chi connectivity index (χ1v) is 5.45. The summed E-state index contributed by atoms with van der Waals surface area (Å²) in [5, 5.41) is 10.7. The minimum Gasteiger partial charge on any atom is -0.293 e. The highest BCUT2D eigenvalue weighted by Crippen LogP contribution is 2.34. The van der Waals surface area contributed by atoms with Gasteiger partial charge >= 0.3 is 0 Å². The molecule has 4 nitrogen and oxygen atoms in total. The van der Waals surface area contributed by atoms with Gasteiger partial charge in [-0.2, -0.15) is 0 Å². The Morgan fingerprint density at radius 1 is 1.53 bits per heavy atom. The van der Waals surface area contributed by atoms with Crippen molar-refractivity contribution in [1.82, 2.24) is 0 Å². The molecule has 0 aliphatic heterocycles. The highest BCUT2D eigenvalue weighted by atomic mass is 79.9. The van der Waals surface area contributed by atoms with Crippen molar-refractivity contribution in [1.29, 1.82) is 0 Å². The molecule has 0 spiro atoms. The number of halogens is 2. The second-order valence-electron chi connectivity index (χ2n) is 3.25. The fraction of sp³-hybridized carbons (Fsp3) is 0.222. The summed E-state index contributed by atoms with van der Waals surface area (Å²) in [6.07, 6.45) is 0.534. The summed E-state index contributed by atoms with van der Waals surface area (Å²) in [7, 11) is 0. The van der Waals surface area contributed by atoms with E-state index in [1.165, 1.54) is 12.1 Å². The third kappa shape index (κ3) is 1.66. The highest BCUT2D eigenvalue weighted by Gasteiger charge is 2.31. The summed E-state index contributed by atoms with van der Waals surface area (Å²) in [6, 6.07) is 2.75. The van der Waals surface area contributed by atoms with Crippen molar-refractivity contribution < 1.29 is 9.72 Å². The molecule has 15 heavy (non-hydrogen) atoms. The Hall–Kier alpha value is -0.940. The Bertz CT molecular complexity index is 475. The van der Waals surface area contributed by atoms with Gasteiger partial charge in [0.2, 0.25) is 0 Å². The monoisotopic (exact) mass is 289 g/mol. The fourth-order valence-electron chi connectivity index (χ4n) is 1.60. The SMILES string of the molecule is O=C1c2cc([N+](=O)[O-])c(Cl)cc2CC1Br. The zero-order valence-electron chi connectivity index (χ0n) is 7.37. The van der Waals surface area contributed by atoms with Crippen LogP contribution in [0.25, 0.3) is 0 Å². The average Bonchev–Trinajstić information content (AvgIpc) is 2.41. The number of nitrogens with zero attached hydrogens (tertiary/aromatic N) is 1. The molecule has 1 aromatic carbocycles. The van der Waals surface area contributed by atoms with Crippen molar-refractivity contribution in [2.24, 2.45) is 0 Å². The Labute approximate surface area is 98.5 Å². The van der Waals surface area contributed by atoms with Crippen LogP contribution < -0.4 is 0 Å². The number of alkyl halides is 1. The van der Waals surface area contributed by atoms with E-state index in [2.05, 4.69) is 15.9 Å². The van der Waals surface area contributed by atoms with E-state index in [0.717, 1.165) is 5.56 Å². The lowest BCUT2D eigenvalue weighted by Gasteiger charge is -1.99. The normalized spacial score (nSPS) is 19.1. The molecule has 0 N–H and O–H groups in total. The largest absolute Gasteiger partial charge is 0.293 e. The summed E-state index contributed by atoms with van der Waals surface area (Å²) in [4.78, 5) is 21.3. The van der Waals surface area contributed by atoms with Crippen LogP contribution in [0.4, 0.5) is 5.69 Å². The fourth-order valence-corrected chi connectivity index (χ4v) is 2.45. The van der Waals surface area contributed by atoms with Gasteiger partial charge in [-0.15, -0.1) is 0 Å². The van der Waals surface area contributed by atoms with Gasteiger partial charge in [0.05, 0.1) is 9.75 Å². The lowest BCUT2D eigenvalue weighted by Crippen LogP contribution is -2.06. The molecule has 0 aromatic heterocycles. The van der Waals surface area contributed by atoms with E-state index in [-0.39, 0.29) is 21.3 Å². The van der Waals surface area contributed by atoms with E-state index >= 15 is 0 Å². The van der Waals surface area contributed by atoms with Crippen LogP contribution >= 0.6 is 27.5 Å². The minimum absolute atomic E-state index is 0.0770. The smallest absolute Gasteiger partial charge is 0.288 e. The Balaban J connectivity index is 2.60. The Kier molecular flexibility index (Phi) is 2.52. The molecule has 78 valence electrons. The number of nitro groups is 1. The highest BCUT2D eigenvalue weighted by molar-refractivity contribution is 9.10. The van der Waals surface area contributed by atoms with Crippen LogP contribution in [-0.4, -0.2) is 15.5 Å². The van der Waals surface area contributed by atoms with Crippen LogP contribution in [0.1, 0.15) is 15.9 Å². The molecule has 0 amide bonds. The lowest BCUT2D eigenvalue weighted by atomic mass is 10.1. The van der Waals surface area contributed by atoms with E-state index in [1.807, 2.05) is 0 Å². The van der Waals surface area contributed by atoms with Gasteiger partial charge in [0.1, 0.15) is 5.02 Å². The number of nitro benzene ring substituents is 1. The first-order valence-electron chi connectivity index (χ1n) is 4.16. The molecule has 1 unspecified atom stereocenters. The third-order valence-electron chi connectivity index (χ3n) is 2.32. The lowest BCUT2D eigenvalue weighted by molar-refractivity contribution is -0.384.